The number of aryl methyl sites for hydroxylation is 2. The summed E-state index contributed by atoms with van der Waals surface area (Å²) in [5.74, 6) is 0.642. The van der Waals surface area contributed by atoms with Crippen molar-refractivity contribution >= 4 is 22.9 Å². The molecule has 0 aliphatic carbocycles. The van der Waals surface area contributed by atoms with E-state index in [0.717, 1.165) is 35.6 Å². The van der Waals surface area contributed by atoms with Crippen LogP contribution in [0.25, 0.3) is 0 Å². The van der Waals surface area contributed by atoms with Crippen LogP contribution < -0.4 is 10.6 Å². The van der Waals surface area contributed by atoms with Gasteiger partial charge in [0.25, 0.3) is 0 Å². The molecule has 1 atom stereocenters. The molecule has 0 spiro atoms. The summed E-state index contributed by atoms with van der Waals surface area (Å²) in [6, 6.07) is 2.06. The Morgan fingerprint density at radius 1 is 1.50 bits per heavy atom. The molecule has 2 N–H and O–H groups in total. The Bertz CT molecular complexity index is 443. The molecule has 1 rings (SSSR count). The number of pyridine rings is 1. The highest BCUT2D eigenvalue weighted by atomic mass is 32.1. The average molecular weight is 265 g/mol. The molecule has 1 unspecified atom stereocenters. The molecule has 1 aromatic rings. The smallest absolute Gasteiger partial charge is 0.107 e. The fourth-order valence-corrected chi connectivity index (χ4v) is 2.36. The van der Waals surface area contributed by atoms with E-state index in [1.165, 1.54) is 0 Å². The van der Waals surface area contributed by atoms with Crippen molar-refractivity contribution < 1.29 is 0 Å². The number of hydrogen-bond acceptors (Lipinski definition) is 3. The number of hydrogen-bond donors (Lipinski definition) is 1. The molecule has 0 aromatic carbocycles. The minimum Gasteiger partial charge on any atom is -0.389 e. The van der Waals surface area contributed by atoms with Gasteiger partial charge in [0.15, 0.2) is 0 Å². The Morgan fingerprint density at radius 2 is 2.11 bits per heavy atom. The van der Waals surface area contributed by atoms with Gasteiger partial charge in [-0.25, -0.2) is 0 Å². The Hall–Kier alpha value is -1.16. The van der Waals surface area contributed by atoms with Crippen molar-refractivity contribution in [2.45, 2.75) is 34.1 Å². The number of aromatic nitrogens is 1. The molecule has 1 aromatic heterocycles. The summed E-state index contributed by atoms with van der Waals surface area (Å²) in [5, 5.41) is 0. The van der Waals surface area contributed by atoms with Crippen LogP contribution in [0.3, 0.4) is 0 Å². The lowest BCUT2D eigenvalue weighted by Gasteiger charge is -2.26. The van der Waals surface area contributed by atoms with Gasteiger partial charge < -0.3 is 10.6 Å². The largest absolute Gasteiger partial charge is 0.389 e. The summed E-state index contributed by atoms with van der Waals surface area (Å²) in [4.78, 5) is 7.09. The quantitative estimate of drug-likeness (QED) is 0.831. The predicted octanol–water partition coefficient (Wildman–Crippen LogP) is 2.81. The minimum absolute atomic E-state index is 0.422. The number of nitrogens with zero attached hydrogens (tertiary/aromatic N) is 2. The van der Waals surface area contributed by atoms with Crippen LogP contribution in [-0.4, -0.2) is 23.6 Å². The molecular weight excluding hydrogens is 242 g/mol. The van der Waals surface area contributed by atoms with E-state index < -0.39 is 0 Å². The molecule has 0 aliphatic rings. The predicted molar refractivity (Wildman–Crippen MR) is 82.3 cm³/mol. The second-order valence-corrected chi connectivity index (χ2v) is 5.44. The molecule has 3 nitrogen and oxygen atoms in total. The van der Waals surface area contributed by atoms with Crippen LogP contribution in [-0.2, 0) is 0 Å². The number of nitrogens with two attached hydrogens (primary N) is 1. The number of thiocarbonyl (C=S) groups is 1. The first-order chi connectivity index (χ1) is 8.36. The summed E-state index contributed by atoms with van der Waals surface area (Å²) in [7, 11) is 2.09. The van der Waals surface area contributed by atoms with Crippen molar-refractivity contribution in [3.63, 3.8) is 0 Å². The van der Waals surface area contributed by atoms with Crippen LogP contribution in [0.15, 0.2) is 6.07 Å². The molecule has 1 heterocycles. The molecule has 0 saturated heterocycles. The zero-order valence-corrected chi connectivity index (χ0v) is 12.8. The fourth-order valence-electron chi connectivity index (χ4n) is 2.11. The van der Waals surface area contributed by atoms with Crippen molar-refractivity contribution in [3.05, 3.63) is 23.0 Å². The maximum absolute atomic E-state index is 5.83. The highest BCUT2D eigenvalue weighted by Gasteiger charge is 2.15. The molecule has 0 saturated carbocycles. The third-order valence-electron chi connectivity index (χ3n) is 3.25. The highest BCUT2D eigenvalue weighted by molar-refractivity contribution is 7.80. The highest BCUT2D eigenvalue weighted by Crippen LogP contribution is 2.24. The van der Waals surface area contributed by atoms with Crippen LogP contribution >= 0.6 is 12.2 Å². The molecular formula is C14H23N3S. The van der Waals surface area contributed by atoms with E-state index in [0.29, 0.717) is 10.9 Å². The normalized spacial score (nSPS) is 12.3. The molecule has 4 heteroatoms. The molecule has 18 heavy (non-hydrogen) atoms. The summed E-state index contributed by atoms with van der Waals surface area (Å²) in [6.07, 6.45) is 1.16. The van der Waals surface area contributed by atoms with Gasteiger partial charge in [-0.3, -0.25) is 4.98 Å². The second kappa shape index (κ2) is 6.14. The van der Waals surface area contributed by atoms with Gasteiger partial charge in [-0.15, -0.1) is 0 Å². The first-order valence-electron chi connectivity index (χ1n) is 6.36. The van der Waals surface area contributed by atoms with Gasteiger partial charge in [-0.1, -0.05) is 32.5 Å². The van der Waals surface area contributed by atoms with Gasteiger partial charge in [-0.05, 0) is 25.8 Å². The average Bonchev–Trinajstić information content (AvgIpc) is 2.26. The van der Waals surface area contributed by atoms with Crippen molar-refractivity contribution in [2.24, 2.45) is 11.7 Å². The second-order valence-electron chi connectivity index (χ2n) is 5.00. The van der Waals surface area contributed by atoms with Crippen LogP contribution in [0, 0.1) is 19.8 Å². The lowest BCUT2D eigenvalue weighted by atomic mass is 10.1. The van der Waals surface area contributed by atoms with Gasteiger partial charge >= 0.3 is 0 Å². The lowest BCUT2D eigenvalue weighted by Crippen LogP contribution is -2.27. The third kappa shape index (κ3) is 3.42. The molecule has 100 valence electrons. The van der Waals surface area contributed by atoms with Crippen molar-refractivity contribution in [2.75, 3.05) is 18.5 Å². The molecule has 0 bridgehead atoms. The maximum Gasteiger partial charge on any atom is 0.107 e. The van der Waals surface area contributed by atoms with Crippen LogP contribution in [0.2, 0.25) is 0 Å². The van der Waals surface area contributed by atoms with Crippen LogP contribution in [0.5, 0.6) is 0 Å². The topological polar surface area (TPSA) is 42.2 Å². The molecule has 0 amide bonds. The first-order valence-corrected chi connectivity index (χ1v) is 6.76. The summed E-state index contributed by atoms with van der Waals surface area (Å²) < 4.78 is 0. The fraction of sp³-hybridized carbons (Fsp3) is 0.571. The zero-order chi connectivity index (χ0) is 13.9. The monoisotopic (exact) mass is 265 g/mol. The van der Waals surface area contributed by atoms with E-state index in [4.69, 9.17) is 18.0 Å². The summed E-state index contributed by atoms with van der Waals surface area (Å²) >= 11 is 5.15. The Morgan fingerprint density at radius 3 is 2.61 bits per heavy atom. The Labute approximate surface area is 115 Å². The van der Waals surface area contributed by atoms with E-state index in [1.54, 1.807) is 0 Å². The van der Waals surface area contributed by atoms with Crippen molar-refractivity contribution in [1.29, 1.82) is 0 Å². The first kappa shape index (κ1) is 14.9. The number of rotatable bonds is 5. The SMILES string of the molecule is CCC(C)CN(C)c1cc(C)nc(C)c1C(N)=S. The van der Waals surface area contributed by atoms with E-state index in [1.807, 2.05) is 13.8 Å². The van der Waals surface area contributed by atoms with Crippen LogP contribution in [0.1, 0.15) is 37.2 Å². The van der Waals surface area contributed by atoms with Gasteiger partial charge in [0.05, 0.1) is 11.3 Å². The zero-order valence-electron chi connectivity index (χ0n) is 11.9. The van der Waals surface area contributed by atoms with Gasteiger partial charge in [0.2, 0.25) is 0 Å². The Balaban J connectivity index is 3.17. The third-order valence-corrected chi connectivity index (χ3v) is 3.45. The lowest BCUT2D eigenvalue weighted by molar-refractivity contribution is 0.559. The van der Waals surface area contributed by atoms with Gasteiger partial charge in [-0.2, -0.15) is 0 Å². The standard InChI is InChI=1S/C14H23N3S/c1-6-9(2)8-17(5)12-7-10(3)16-11(4)13(12)14(15)18/h7,9H,6,8H2,1-5H3,(H2,15,18). The minimum atomic E-state index is 0.422. The van der Waals surface area contributed by atoms with Crippen molar-refractivity contribution in [1.82, 2.24) is 4.98 Å². The van der Waals surface area contributed by atoms with E-state index in [9.17, 15) is 0 Å². The maximum atomic E-state index is 5.83. The van der Waals surface area contributed by atoms with Gasteiger partial charge in [0.1, 0.15) is 4.99 Å². The van der Waals surface area contributed by atoms with Crippen LogP contribution in [0.4, 0.5) is 5.69 Å². The Kier molecular flexibility index (Phi) is 5.08. The molecule has 0 radical (unpaired) electrons. The van der Waals surface area contributed by atoms with E-state index >= 15 is 0 Å². The number of anilines is 1. The summed E-state index contributed by atoms with van der Waals surface area (Å²) in [6.45, 7) is 9.40. The molecule has 0 aliphatic heterocycles. The van der Waals surface area contributed by atoms with E-state index in [-0.39, 0.29) is 0 Å². The molecule has 0 fully saturated rings. The summed E-state index contributed by atoms with van der Waals surface area (Å²) in [5.41, 5.74) is 9.74. The van der Waals surface area contributed by atoms with E-state index in [2.05, 4.69) is 36.8 Å². The van der Waals surface area contributed by atoms with Crippen molar-refractivity contribution in [3.8, 4) is 0 Å². The van der Waals surface area contributed by atoms with Gasteiger partial charge in [0, 0.05) is 25.0 Å².